The minimum absolute atomic E-state index is 0.0812. The van der Waals surface area contributed by atoms with Crippen LogP contribution in [0.4, 0.5) is 10.5 Å². The molecule has 1 unspecified atom stereocenters. The molecule has 2 N–H and O–H groups in total. The van der Waals surface area contributed by atoms with E-state index in [1.54, 1.807) is 4.90 Å². The summed E-state index contributed by atoms with van der Waals surface area (Å²) in [4.78, 5) is 16.8. The van der Waals surface area contributed by atoms with E-state index in [-0.39, 0.29) is 18.6 Å². The van der Waals surface area contributed by atoms with Crippen molar-refractivity contribution in [2.45, 2.75) is 51.0 Å². The van der Waals surface area contributed by atoms with Crippen LogP contribution in [0, 0.1) is 0 Å². The maximum Gasteiger partial charge on any atom is 0.317 e. The minimum atomic E-state index is -3.25. The Hall–Kier alpha value is -1.80. The van der Waals surface area contributed by atoms with Crippen LogP contribution in [-0.4, -0.2) is 64.4 Å². The summed E-state index contributed by atoms with van der Waals surface area (Å²) in [6.07, 6.45) is 8.60. The van der Waals surface area contributed by atoms with Gasteiger partial charge in [-0.25, -0.2) is 17.9 Å². The number of benzene rings is 1. The van der Waals surface area contributed by atoms with E-state index >= 15 is 0 Å². The molecule has 1 aromatic rings. The largest absolute Gasteiger partial charge is 0.372 e. The lowest BCUT2D eigenvalue weighted by atomic mass is 10.0. The molecule has 0 spiro atoms. The first-order valence-corrected chi connectivity index (χ1v) is 12.6. The van der Waals surface area contributed by atoms with Gasteiger partial charge in [0.05, 0.1) is 6.26 Å². The molecule has 29 heavy (non-hydrogen) atoms. The highest BCUT2D eigenvalue weighted by atomic mass is 32.2. The summed E-state index contributed by atoms with van der Waals surface area (Å²) in [7, 11) is -3.25. The second-order valence-electron chi connectivity index (χ2n) is 8.16. The zero-order chi connectivity index (χ0) is 20.7. The van der Waals surface area contributed by atoms with Crippen molar-refractivity contribution in [2.75, 3.05) is 43.9 Å². The summed E-state index contributed by atoms with van der Waals surface area (Å²) in [5, 5.41) is 3.01. The molecule has 0 saturated carbocycles. The van der Waals surface area contributed by atoms with Gasteiger partial charge in [0.1, 0.15) is 0 Å². The molecule has 2 fully saturated rings. The molecule has 2 aliphatic heterocycles. The molecule has 3 rings (SSSR count). The molecule has 0 aliphatic carbocycles. The molecule has 1 aromatic carbocycles. The summed E-state index contributed by atoms with van der Waals surface area (Å²) < 4.78 is 25.3. The topological polar surface area (TPSA) is 81.8 Å². The van der Waals surface area contributed by atoms with E-state index in [4.69, 9.17) is 0 Å². The van der Waals surface area contributed by atoms with Gasteiger partial charge in [-0.2, -0.15) is 0 Å². The third-order valence-corrected chi connectivity index (χ3v) is 6.51. The molecule has 0 radical (unpaired) electrons. The van der Waals surface area contributed by atoms with Gasteiger partial charge >= 0.3 is 6.03 Å². The molecular weight excluding hydrogens is 388 g/mol. The van der Waals surface area contributed by atoms with E-state index in [2.05, 4.69) is 39.2 Å². The maximum atomic E-state index is 12.6. The molecule has 0 bridgehead atoms. The number of likely N-dealkylation sites (tertiary alicyclic amines) is 1. The first-order valence-electron chi connectivity index (χ1n) is 10.8. The number of urea groups is 1. The first kappa shape index (κ1) is 21.9. The monoisotopic (exact) mass is 422 g/mol. The number of sulfonamides is 1. The molecule has 2 aliphatic rings. The number of anilines is 1. The lowest BCUT2D eigenvalue weighted by Gasteiger charge is -2.35. The predicted molar refractivity (Wildman–Crippen MR) is 117 cm³/mol. The maximum absolute atomic E-state index is 12.6. The van der Waals surface area contributed by atoms with E-state index in [0.717, 1.165) is 45.0 Å². The second kappa shape index (κ2) is 10.3. The van der Waals surface area contributed by atoms with Crippen molar-refractivity contribution in [2.24, 2.45) is 0 Å². The van der Waals surface area contributed by atoms with E-state index in [1.165, 1.54) is 30.5 Å². The highest BCUT2D eigenvalue weighted by Gasteiger charge is 2.27. The molecule has 0 aromatic heterocycles. The summed E-state index contributed by atoms with van der Waals surface area (Å²) in [6, 6.07) is 8.48. The number of rotatable bonds is 7. The normalized spacial score (nSPS) is 20.5. The fourth-order valence-electron chi connectivity index (χ4n) is 4.17. The van der Waals surface area contributed by atoms with Crippen molar-refractivity contribution in [3.63, 3.8) is 0 Å². The summed E-state index contributed by atoms with van der Waals surface area (Å²) >= 11 is 0. The van der Waals surface area contributed by atoms with Crippen molar-refractivity contribution in [3.8, 4) is 0 Å². The fraction of sp³-hybridized carbons (Fsp3) is 0.667. The van der Waals surface area contributed by atoms with Crippen molar-refractivity contribution in [1.82, 2.24) is 14.9 Å². The molecular formula is C21H34N4O3S. The van der Waals surface area contributed by atoms with Crippen LogP contribution in [0.2, 0.25) is 0 Å². The van der Waals surface area contributed by atoms with Crippen LogP contribution in [0.5, 0.6) is 0 Å². The standard InChI is InChI=1S/C21H34N4O3S/c1-29(27,28)23-17-20-7-3-6-16-25(20)21(26)22-13-12-18-8-10-19(11-9-18)24-14-4-2-5-15-24/h8-11,20,23H,2-7,12-17H2,1H3,(H,22,26). The van der Waals surface area contributed by atoms with Crippen LogP contribution in [0.3, 0.4) is 0 Å². The average Bonchev–Trinajstić information content (AvgIpc) is 2.73. The number of nitrogens with zero attached hydrogens (tertiary/aromatic N) is 2. The van der Waals surface area contributed by atoms with Gasteiger partial charge < -0.3 is 15.1 Å². The number of hydrogen-bond donors (Lipinski definition) is 2. The van der Waals surface area contributed by atoms with Gasteiger partial charge in [0, 0.05) is 44.5 Å². The van der Waals surface area contributed by atoms with Crippen LogP contribution in [-0.2, 0) is 16.4 Å². The molecule has 8 heteroatoms. The Morgan fingerprint density at radius 1 is 1.03 bits per heavy atom. The SMILES string of the molecule is CS(=O)(=O)NCC1CCCCN1C(=O)NCCc1ccc(N2CCCCC2)cc1. The molecule has 7 nitrogen and oxygen atoms in total. The lowest BCUT2D eigenvalue weighted by molar-refractivity contribution is 0.152. The summed E-state index contributed by atoms with van der Waals surface area (Å²) in [5.74, 6) is 0. The van der Waals surface area contributed by atoms with Crippen molar-refractivity contribution < 1.29 is 13.2 Å². The van der Waals surface area contributed by atoms with Crippen LogP contribution in [0.1, 0.15) is 44.1 Å². The van der Waals surface area contributed by atoms with E-state index in [9.17, 15) is 13.2 Å². The van der Waals surface area contributed by atoms with Crippen molar-refractivity contribution in [1.29, 1.82) is 0 Å². The third kappa shape index (κ3) is 6.89. The Balaban J connectivity index is 1.45. The predicted octanol–water partition coefficient (Wildman–Crippen LogP) is 2.33. The van der Waals surface area contributed by atoms with Gasteiger partial charge in [-0.1, -0.05) is 12.1 Å². The Bertz CT molecular complexity index is 761. The average molecular weight is 423 g/mol. The van der Waals surface area contributed by atoms with Gasteiger partial charge in [0.2, 0.25) is 10.0 Å². The van der Waals surface area contributed by atoms with E-state index in [0.29, 0.717) is 13.1 Å². The number of amides is 2. The second-order valence-corrected chi connectivity index (χ2v) is 9.99. The van der Waals surface area contributed by atoms with Crippen molar-refractivity contribution >= 4 is 21.7 Å². The summed E-state index contributed by atoms with van der Waals surface area (Å²) in [5.41, 5.74) is 2.49. The number of hydrogen-bond acceptors (Lipinski definition) is 4. The Kier molecular flexibility index (Phi) is 7.77. The minimum Gasteiger partial charge on any atom is -0.372 e. The van der Waals surface area contributed by atoms with Crippen molar-refractivity contribution in [3.05, 3.63) is 29.8 Å². The van der Waals surface area contributed by atoms with Gasteiger partial charge in [-0.05, 0) is 62.6 Å². The lowest BCUT2D eigenvalue weighted by Crippen LogP contribution is -2.52. The first-order chi connectivity index (χ1) is 13.9. The molecule has 1 atom stereocenters. The zero-order valence-electron chi connectivity index (χ0n) is 17.4. The molecule has 2 amide bonds. The zero-order valence-corrected chi connectivity index (χ0v) is 18.2. The fourth-order valence-corrected chi connectivity index (χ4v) is 4.66. The van der Waals surface area contributed by atoms with Gasteiger partial charge in [0.25, 0.3) is 0 Å². The third-order valence-electron chi connectivity index (χ3n) is 5.82. The number of nitrogens with one attached hydrogen (secondary N) is 2. The highest BCUT2D eigenvalue weighted by Crippen LogP contribution is 2.20. The summed E-state index contributed by atoms with van der Waals surface area (Å²) in [6.45, 7) is 3.81. The number of carbonyl (C=O) groups is 1. The molecule has 2 heterocycles. The van der Waals surface area contributed by atoms with Crippen LogP contribution in [0.15, 0.2) is 24.3 Å². The highest BCUT2D eigenvalue weighted by molar-refractivity contribution is 7.88. The quantitative estimate of drug-likeness (QED) is 0.707. The van der Waals surface area contributed by atoms with Gasteiger partial charge in [-0.3, -0.25) is 0 Å². The van der Waals surface area contributed by atoms with Crippen LogP contribution < -0.4 is 14.9 Å². The number of piperidine rings is 2. The van der Waals surface area contributed by atoms with Crippen LogP contribution >= 0.6 is 0 Å². The van der Waals surface area contributed by atoms with Gasteiger partial charge in [0.15, 0.2) is 0 Å². The Morgan fingerprint density at radius 2 is 1.72 bits per heavy atom. The Labute approximate surface area is 174 Å². The van der Waals surface area contributed by atoms with E-state index in [1.807, 2.05) is 0 Å². The molecule has 162 valence electrons. The number of carbonyl (C=O) groups excluding carboxylic acids is 1. The van der Waals surface area contributed by atoms with Gasteiger partial charge in [-0.15, -0.1) is 0 Å². The van der Waals surface area contributed by atoms with Crippen LogP contribution in [0.25, 0.3) is 0 Å². The molecule has 2 saturated heterocycles. The smallest absolute Gasteiger partial charge is 0.317 e. The van der Waals surface area contributed by atoms with E-state index < -0.39 is 10.0 Å². The Morgan fingerprint density at radius 3 is 2.41 bits per heavy atom.